The largest absolute Gasteiger partial charge is 0.423 e. The van der Waals surface area contributed by atoms with Crippen molar-refractivity contribution in [1.29, 1.82) is 0 Å². The number of rotatable bonds is 4. The van der Waals surface area contributed by atoms with E-state index in [1.54, 1.807) is 18.2 Å². The van der Waals surface area contributed by atoms with Crippen LogP contribution in [0.3, 0.4) is 0 Å². The molecule has 0 saturated carbocycles. The normalized spacial score (nSPS) is 11.4. The average molecular weight is 441 g/mol. The molecule has 11 heteroatoms. The van der Waals surface area contributed by atoms with E-state index in [1.807, 2.05) is 0 Å². The van der Waals surface area contributed by atoms with Gasteiger partial charge in [0.25, 0.3) is 5.91 Å². The van der Waals surface area contributed by atoms with Crippen LogP contribution in [0.5, 0.6) is 0 Å². The zero-order valence-corrected chi connectivity index (χ0v) is 16.4. The van der Waals surface area contributed by atoms with Gasteiger partial charge in [-0.1, -0.05) is 18.2 Å². The summed E-state index contributed by atoms with van der Waals surface area (Å²) >= 11 is 0. The van der Waals surface area contributed by atoms with Crippen LogP contribution in [0.2, 0.25) is 0 Å². The summed E-state index contributed by atoms with van der Waals surface area (Å²) in [4.78, 5) is 25.1. The van der Waals surface area contributed by atoms with Crippen molar-refractivity contribution in [2.75, 3.05) is 5.32 Å². The third-order valence-electron chi connectivity index (χ3n) is 4.49. The monoisotopic (exact) mass is 441 g/mol. The quantitative estimate of drug-likeness (QED) is 0.516. The Hall–Kier alpha value is -4.28. The van der Waals surface area contributed by atoms with Gasteiger partial charge in [-0.25, -0.2) is 4.68 Å². The maximum absolute atomic E-state index is 13.4. The third-order valence-corrected chi connectivity index (χ3v) is 4.49. The smallest absolute Gasteiger partial charge is 0.418 e. The molecule has 1 amide bonds. The Labute approximate surface area is 178 Å². The second kappa shape index (κ2) is 8.10. The molecule has 8 nitrogen and oxygen atoms in total. The second-order valence-electron chi connectivity index (χ2n) is 6.70. The van der Waals surface area contributed by atoms with Gasteiger partial charge in [-0.2, -0.15) is 18.3 Å². The van der Waals surface area contributed by atoms with Gasteiger partial charge in [0.1, 0.15) is 0 Å². The highest BCUT2D eigenvalue weighted by molar-refractivity contribution is 6.03. The summed E-state index contributed by atoms with van der Waals surface area (Å²) in [6.45, 7) is 1.43. The van der Waals surface area contributed by atoms with Crippen LogP contribution in [0.1, 0.15) is 21.7 Å². The number of anilines is 1. The number of para-hydroxylation sites is 1. The number of aromatic nitrogens is 4. The van der Waals surface area contributed by atoms with Crippen molar-refractivity contribution in [3.8, 4) is 17.1 Å². The summed E-state index contributed by atoms with van der Waals surface area (Å²) < 4.78 is 46.4. The van der Waals surface area contributed by atoms with Crippen molar-refractivity contribution in [3.63, 3.8) is 0 Å². The zero-order chi connectivity index (χ0) is 22.9. The average Bonchev–Trinajstić information content (AvgIpc) is 3.28. The lowest BCUT2D eigenvalue weighted by Crippen LogP contribution is -2.27. The summed E-state index contributed by atoms with van der Waals surface area (Å²) in [5, 5.41) is 13.8. The lowest BCUT2D eigenvalue weighted by molar-refractivity contribution is -0.137. The fourth-order valence-corrected chi connectivity index (χ4v) is 3.07. The number of hydrogen-bond acceptors (Lipinski definition) is 6. The highest BCUT2D eigenvalue weighted by atomic mass is 19.4. The van der Waals surface area contributed by atoms with Crippen LogP contribution in [-0.2, 0) is 6.18 Å². The predicted octanol–water partition coefficient (Wildman–Crippen LogP) is 3.86. The minimum atomic E-state index is -4.65. The molecule has 2 aromatic heterocycles. The molecule has 0 aliphatic rings. The van der Waals surface area contributed by atoms with Crippen LogP contribution in [0, 0.1) is 6.92 Å². The minimum absolute atomic E-state index is 0.140. The number of nitrogens with zero attached hydrogens (tertiary/aromatic N) is 4. The first-order chi connectivity index (χ1) is 15.2. The van der Waals surface area contributed by atoms with Gasteiger partial charge in [0.05, 0.1) is 11.3 Å². The van der Waals surface area contributed by atoms with Crippen molar-refractivity contribution in [2.45, 2.75) is 13.1 Å². The van der Waals surface area contributed by atoms with Gasteiger partial charge in [-0.15, -0.1) is 10.2 Å². The summed E-state index contributed by atoms with van der Waals surface area (Å²) in [5.74, 6) is -0.656. The van der Waals surface area contributed by atoms with Gasteiger partial charge in [0.2, 0.25) is 17.7 Å². The highest BCUT2D eigenvalue weighted by Gasteiger charge is 2.34. The van der Waals surface area contributed by atoms with Crippen molar-refractivity contribution in [1.82, 2.24) is 20.0 Å². The molecule has 0 bridgehead atoms. The standard InChI is InChI=1S/C21H14F3N5O3/c1-12-9-17(30)18(28-29(12)16-8-3-2-7-15(16)21(22,23)24)19(31)26-14-6-4-5-13(10-14)20-27-25-11-32-20/h2-11H,1H3,(H,26,31). The van der Waals surface area contributed by atoms with E-state index in [0.717, 1.165) is 23.2 Å². The molecule has 0 spiro atoms. The van der Waals surface area contributed by atoms with Crippen LogP contribution in [0.15, 0.2) is 70.2 Å². The van der Waals surface area contributed by atoms with Gasteiger partial charge in [0, 0.05) is 23.0 Å². The number of carbonyl (C=O) groups is 1. The molecule has 0 aliphatic carbocycles. The van der Waals surface area contributed by atoms with Gasteiger partial charge in [-0.3, -0.25) is 9.59 Å². The Kier molecular flexibility index (Phi) is 5.31. The molecule has 0 saturated heterocycles. The molecule has 4 rings (SSSR count). The van der Waals surface area contributed by atoms with Crippen molar-refractivity contribution >= 4 is 11.6 Å². The van der Waals surface area contributed by atoms with Crippen LogP contribution >= 0.6 is 0 Å². The summed E-state index contributed by atoms with van der Waals surface area (Å²) in [7, 11) is 0. The van der Waals surface area contributed by atoms with E-state index in [0.29, 0.717) is 11.3 Å². The summed E-state index contributed by atoms with van der Waals surface area (Å²) in [6.07, 6.45) is -3.50. The SMILES string of the molecule is Cc1cc(=O)c(C(=O)Nc2cccc(-c3nnco3)c2)nn1-c1ccccc1C(F)(F)F. The van der Waals surface area contributed by atoms with Crippen LogP contribution < -0.4 is 10.7 Å². The number of aryl methyl sites for hydroxylation is 1. The maximum atomic E-state index is 13.4. The number of nitrogens with one attached hydrogen (secondary N) is 1. The molecule has 0 aliphatic heterocycles. The molecule has 0 radical (unpaired) electrons. The first-order valence-electron chi connectivity index (χ1n) is 9.19. The van der Waals surface area contributed by atoms with E-state index >= 15 is 0 Å². The molecule has 0 unspecified atom stereocenters. The highest BCUT2D eigenvalue weighted by Crippen LogP contribution is 2.33. The number of hydrogen-bond donors (Lipinski definition) is 1. The van der Waals surface area contributed by atoms with E-state index in [9.17, 15) is 22.8 Å². The lowest BCUT2D eigenvalue weighted by Gasteiger charge is -2.16. The number of carbonyl (C=O) groups excluding carboxylic acids is 1. The second-order valence-corrected chi connectivity index (χ2v) is 6.70. The Morgan fingerprint density at radius 1 is 1.09 bits per heavy atom. The first kappa shape index (κ1) is 21.0. The van der Waals surface area contributed by atoms with E-state index in [2.05, 4.69) is 20.6 Å². The number of benzene rings is 2. The predicted molar refractivity (Wildman–Crippen MR) is 107 cm³/mol. The Balaban J connectivity index is 1.71. The topological polar surface area (TPSA) is 103 Å². The number of amides is 1. The van der Waals surface area contributed by atoms with Gasteiger partial charge < -0.3 is 9.73 Å². The van der Waals surface area contributed by atoms with Crippen molar-refractivity contribution < 1.29 is 22.4 Å². The van der Waals surface area contributed by atoms with E-state index in [-0.39, 0.29) is 17.3 Å². The van der Waals surface area contributed by atoms with Crippen LogP contribution in [-0.4, -0.2) is 25.9 Å². The molecule has 4 aromatic rings. The molecule has 2 heterocycles. The lowest BCUT2D eigenvalue weighted by atomic mass is 10.1. The third kappa shape index (κ3) is 4.13. The molecular formula is C21H14F3N5O3. The zero-order valence-electron chi connectivity index (χ0n) is 16.4. The van der Waals surface area contributed by atoms with Crippen molar-refractivity contribution in [2.24, 2.45) is 0 Å². The molecular weight excluding hydrogens is 427 g/mol. The molecule has 162 valence electrons. The minimum Gasteiger partial charge on any atom is -0.423 e. The van der Waals surface area contributed by atoms with Crippen LogP contribution in [0.4, 0.5) is 18.9 Å². The Bertz CT molecular complexity index is 1350. The molecule has 0 fully saturated rings. The Morgan fingerprint density at radius 3 is 2.59 bits per heavy atom. The number of halogens is 3. The maximum Gasteiger partial charge on any atom is 0.418 e. The van der Waals surface area contributed by atoms with Gasteiger partial charge in [0.15, 0.2) is 5.69 Å². The van der Waals surface area contributed by atoms with Crippen molar-refractivity contribution in [3.05, 3.63) is 88.2 Å². The van der Waals surface area contributed by atoms with Gasteiger partial charge in [-0.05, 0) is 37.3 Å². The first-order valence-corrected chi connectivity index (χ1v) is 9.19. The molecule has 0 atom stereocenters. The number of alkyl halides is 3. The van der Waals surface area contributed by atoms with E-state index in [4.69, 9.17) is 4.42 Å². The summed E-state index contributed by atoms with van der Waals surface area (Å²) in [6, 6.07) is 12.2. The fourth-order valence-electron chi connectivity index (χ4n) is 3.07. The summed E-state index contributed by atoms with van der Waals surface area (Å²) in [5.41, 5.74) is -1.57. The molecule has 1 N–H and O–H groups in total. The van der Waals surface area contributed by atoms with E-state index < -0.39 is 28.8 Å². The molecule has 32 heavy (non-hydrogen) atoms. The van der Waals surface area contributed by atoms with E-state index in [1.165, 1.54) is 31.2 Å². The van der Waals surface area contributed by atoms with Gasteiger partial charge >= 0.3 is 6.18 Å². The van der Waals surface area contributed by atoms with Crippen LogP contribution in [0.25, 0.3) is 17.1 Å². The molecule has 2 aromatic carbocycles. The Morgan fingerprint density at radius 2 is 1.88 bits per heavy atom. The fraction of sp³-hybridized carbons (Fsp3) is 0.0952.